The molecule has 1 saturated heterocycles. The quantitative estimate of drug-likeness (QED) is 0.862. The van der Waals surface area contributed by atoms with Crippen molar-refractivity contribution in [2.24, 2.45) is 0 Å². The molecule has 1 N–H and O–H groups in total. The van der Waals surface area contributed by atoms with Gasteiger partial charge in [-0.1, -0.05) is 12.1 Å². The highest BCUT2D eigenvalue weighted by Crippen LogP contribution is 2.35. The molecule has 1 aromatic rings. The van der Waals surface area contributed by atoms with Crippen LogP contribution in [0.15, 0.2) is 18.2 Å². The fourth-order valence-electron chi connectivity index (χ4n) is 2.15. The zero-order chi connectivity index (χ0) is 12.2. The molecule has 2 aliphatic heterocycles. The van der Waals surface area contributed by atoms with Crippen LogP contribution in [-0.2, 0) is 16.0 Å². The summed E-state index contributed by atoms with van der Waals surface area (Å²) in [4.78, 5) is 0. The average molecular weight is 251 g/mol. The molecular weight excluding hydrogens is 234 g/mol. The molecule has 1 atom stereocenters. The predicted octanol–water partition coefficient (Wildman–Crippen LogP) is 0.920. The highest BCUT2D eigenvalue weighted by molar-refractivity contribution is 5.48. The van der Waals surface area contributed by atoms with Gasteiger partial charge in [-0.25, -0.2) is 0 Å². The summed E-state index contributed by atoms with van der Waals surface area (Å²) in [5.41, 5.74) is 1.11. The Morgan fingerprint density at radius 3 is 3.11 bits per heavy atom. The maximum Gasteiger partial charge on any atom is 0.231 e. The SMILES string of the molecule is c1cc(CNCC2COCCO2)c2c(c1)OCO2. The number of hydrogen-bond acceptors (Lipinski definition) is 5. The van der Waals surface area contributed by atoms with Crippen molar-refractivity contribution < 1.29 is 18.9 Å². The normalized spacial score (nSPS) is 22.1. The molecule has 0 saturated carbocycles. The first-order valence-electron chi connectivity index (χ1n) is 6.21. The van der Waals surface area contributed by atoms with Crippen LogP contribution in [-0.4, -0.2) is 39.3 Å². The van der Waals surface area contributed by atoms with Gasteiger partial charge in [-0.2, -0.15) is 0 Å². The Bertz CT molecular complexity index is 404. The summed E-state index contributed by atoms with van der Waals surface area (Å²) in [7, 11) is 0. The number of benzene rings is 1. The van der Waals surface area contributed by atoms with Crippen LogP contribution < -0.4 is 14.8 Å². The molecule has 18 heavy (non-hydrogen) atoms. The number of rotatable bonds is 4. The Morgan fingerprint density at radius 2 is 2.22 bits per heavy atom. The molecule has 5 heteroatoms. The molecule has 0 bridgehead atoms. The van der Waals surface area contributed by atoms with Gasteiger partial charge in [-0.15, -0.1) is 0 Å². The molecule has 1 fully saturated rings. The van der Waals surface area contributed by atoms with Gasteiger partial charge in [-0.05, 0) is 6.07 Å². The molecule has 0 aromatic heterocycles. The monoisotopic (exact) mass is 251 g/mol. The second-order valence-corrected chi connectivity index (χ2v) is 4.35. The third-order valence-corrected chi connectivity index (χ3v) is 3.05. The van der Waals surface area contributed by atoms with E-state index in [4.69, 9.17) is 18.9 Å². The lowest BCUT2D eigenvalue weighted by Gasteiger charge is -2.23. The summed E-state index contributed by atoms with van der Waals surface area (Å²) >= 11 is 0. The van der Waals surface area contributed by atoms with Crippen molar-refractivity contribution in [1.29, 1.82) is 0 Å². The largest absolute Gasteiger partial charge is 0.454 e. The Labute approximate surface area is 106 Å². The third-order valence-electron chi connectivity index (χ3n) is 3.05. The number of nitrogens with one attached hydrogen (secondary N) is 1. The standard InChI is InChI=1S/C13H17NO4/c1-2-10(13-12(3-1)17-9-18-13)6-14-7-11-8-15-4-5-16-11/h1-3,11,14H,4-9H2. The van der Waals surface area contributed by atoms with E-state index in [9.17, 15) is 0 Å². The summed E-state index contributed by atoms with van der Waals surface area (Å²) < 4.78 is 21.7. The lowest BCUT2D eigenvalue weighted by Crippen LogP contribution is -2.37. The van der Waals surface area contributed by atoms with Gasteiger partial charge in [0.15, 0.2) is 11.5 Å². The molecule has 0 aliphatic carbocycles. The van der Waals surface area contributed by atoms with Crippen molar-refractivity contribution in [2.45, 2.75) is 12.6 Å². The highest BCUT2D eigenvalue weighted by atomic mass is 16.7. The van der Waals surface area contributed by atoms with E-state index in [1.807, 2.05) is 18.2 Å². The summed E-state index contributed by atoms with van der Waals surface area (Å²) in [5, 5.41) is 3.36. The van der Waals surface area contributed by atoms with E-state index >= 15 is 0 Å². The minimum atomic E-state index is 0.146. The van der Waals surface area contributed by atoms with Crippen LogP contribution in [0.1, 0.15) is 5.56 Å². The van der Waals surface area contributed by atoms with Crippen molar-refractivity contribution in [1.82, 2.24) is 5.32 Å². The van der Waals surface area contributed by atoms with Gasteiger partial charge in [0.2, 0.25) is 6.79 Å². The maximum absolute atomic E-state index is 5.57. The van der Waals surface area contributed by atoms with Crippen LogP contribution in [0.3, 0.4) is 0 Å². The van der Waals surface area contributed by atoms with Gasteiger partial charge in [0.25, 0.3) is 0 Å². The zero-order valence-electron chi connectivity index (χ0n) is 10.2. The van der Waals surface area contributed by atoms with E-state index in [2.05, 4.69) is 5.32 Å². The molecule has 0 radical (unpaired) electrons. The summed E-state index contributed by atoms with van der Waals surface area (Å²) in [5.74, 6) is 1.68. The molecule has 98 valence electrons. The van der Waals surface area contributed by atoms with E-state index in [0.29, 0.717) is 26.6 Å². The first-order valence-corrected chi connectivity index (χ1v) is 6.21. The summed E-state index contributed by atoms with van der Waals surface area (Å²) in [6.07, 6.45) is 0.146. The molecule has 5 nitrogen and oxygen atoms in total. The van der Waals surface area contributed by atoms with Crippen LogP contribution in [0.5, 0.6) is 11.5 Å². The molecule has 1 unspecified atom stereocenters. The maximum atomic E-state index is 5.57. The average Bonchev–Trinajstić information content (AvgIpc) is 2.89. The Kier molecular flexibility index (Phi) is 3.64. The fourth-order valence-corrected chi connectivity index (χ4v) is 2.15. The topological polar surface area (TPSA) is 49.0 Å². The summed E-state index contributed by atoms with van der Waals surface area (Å²) in [6, 6.07) is 5.94. The van der Waals surface area contributed by atoms with Crippen LogP contribution >= 0.6 is 0 Å². The molecule has 2 heterocycles. The lowest BCUT2D eigenvalue weighted by molar-refractivity contribution is -0.0864. The Hall–Kier alpha value is -1.30. The molecule has 0 amide bonds. The van der Waals surface area contributed by atoms with Gasteiger partial charge >= 0.3 is 0 Å². The van der Waals surface area contributed by atoms with E-state index in [1.165, 1.54) is 0 Å². The number of ether oxygens (including phenoxy) is 4. The first-order chi connectivity index (χ1) is 8.93. The minimum Gasteiger partial charge on any atom is -0.454 e. The van der Waals surface area contributed by atoms with Crippen LogP contribution in [0, 0.1) is 0 Å². The van der Waals surface area contributed by atoms with Gasteiger partial charge in [-0.3, -0.25) is 0 Å². The number of hydrogen-bond donors (Lipinski definition) is 1. The number of para-hydroxylation sites is 1. The highest BCUT2D eigenvalue weighted by Gasteiger charge is 2.18. The molecule has 2 aliphatic rings. The van der Waals surface area contributed by atoms with Crippen molar-refractivity contribution in [2.75, 3.05) is 33.2 Å². The second kappa shape index (κ2) is 5.56. The van der Waals surface area contributed by atoms with Crippen molar-refractivity contribution >= 4 is 0 Å². The Balaban J connectivity index is 1.52. The van der Waals surface area contributed by atoms with Gasteiger partial charge < -0.3 is 24.3 Å². The van der Waals surface area contributed by atoms with E-state index < -0.39 is 0 Å². The van der Waals surface area contributed by atoms with Gasteiger partial charge in [0.05, 0.1) is 25.9 Å². The molecular formula is C13H17NO4. The van der Waals surface area contributed by atoms with E-state index in [0.717, 1.165) is 30.2 Å². The predicted molar refractivity (Wildman–Crippen MR) is 64.8 cm³/mol. The van der Waals surface area contributed by atoms with E-state index in [-0.39, 0.29) is 6.10 Å². The fraction of sp³-hybridized carbons (Fsp3) is 0.538. The van der Waals surface area contributed by atoms with Crippen LogP contribution in [0.2, 0.25) is 0 Å². The van der Waals surface area contributed by atoms with Crippen LogP contribution in [0.4, 0.5) is 0 Å². The summed E-state index contributed by atoms with van der Waals surface area (Å²) in [6.45, 7) is 3.89. The second-order valence-electron chi connectivity index (χ2n) is 4.35. The van der Waals surface area contributed by atoms with E-state index in [1.54, 1.807) is 0 Å². The minimum absolute atomic E-state index is 0.146. The lowest BCUT2D eigenvalue weighted by atomic mass is 10.2. The van der Waals surface area contributed by atoms with Crippen molar-refractivity contribution in [3.05, 3.63) is 23.8 Å². The Morgan fingerprint density at radius 1 is 1.22 bits per heavy atom. The van der Waals surface area contributed by atoms with Gasteiger partial charge in [0, 0.05) is 18.7 Å². The first kappa shape index (κ1) is 11.8. The van der Waals surface area contributed by atoms with Crippen LogP contribution in [0.25, 0.3) is 0 Å². The molecule has 1 aromatic carbocycles. The van der Waals surface area contributed by atoms with Crippen molar-refractivity contribution in [3.63, 3.8) is 0 Å². The smallest absolute Gasteiger partial charge is 0.231 e. The number of fused-ring (bicyclic) bond motifs is 1. The molecule has 0 spiro atoms. The third kappa shape index (κ3) is 2.58. The zero-order valence-corrected chi connectivity index (χ0v) is 10.2. The molecule has 3 rings (SSSR count). The van der Waals surface area contributed by atoms with Gasteiger partial charge in [0.1, 0.15) is 0 Å². The van der Waals surface area contributed by atoms with Crippen molar-refractivity contribution in [3.8, 4) is 11.5 Å².